The van der Waals surface area contributed by atoms with Crippen molar-refractivity contribution in [2.45, 2.75) is 32.7 Å². The quantitative estimate of drug-likeness (QED) is 0.921. The summed E-state index contributed by atoms with van der Waals surface area (Å²) in [5.41, 5.74) is 8.10. The molecule has 0 radical (unpaired) electrons. The van der Waals surface area contributed by atoms with Gasteiger partial charge in [0.25, 0.3) is 0 Å². The van der Waals surface area contributed by atoms with E-state index in [0.717, 1.165) is 43.9 Å². The van der Waals surface area contributed by atoms with Crippen LogP contribution in [0.15, 0.2) is 24.3 Å². The number of fused-ring (bicyclic) bond motifs is 1. The third-order valence-corrected chi connectivity index (χ3v) is 3.67. The van der Waals surface area contributed by atoms with E-state index in [9.17, 15) is 4.79 Å². The summed E-state index contributed by atoms with van der Waals surface area (Å²) in [5.74, 6) is 0.0463. The van der Waals surface area contributed by atoms with E-state index in [4.69, 9.17) is 5.73 Å². The van der Waals surface area contributed by atoms with Crippen LogP contribution < -0.4 is 15.5 Å². The lowest BCUT2D eigenvalue weighted by molar-refractivity contribution is -0.120. The zero-order valence-electron chi connectivity index (χ0n) is 12.6. The van der Waals surface area contributed by atoms with Gasteiger partial charge in [-0.05, 0) is 25.5 Å². The number of benzene rings is 1. The molecule has 120 valence electrons. The predicted octanol–water partition coefficient (Wildman–Crippen LogP) is 2.83. The molecule has 1 amide bonds. The topological polar surface area (TPSA) is 49.6 Å². The molecule has 4 nitrogen and oxygen atoms in total. The minimum absolute atomic E-state index is 0. The molecule has 2 N–H and O–H groups in total. The van der Waals surface area contributed by atoms with Gasteiger partial charge in [0.1, 0.15) is 0 Å². The molecule has 1 atom stereocenters. The van der Waals surface area contributed by atoms with E-state index in [1.54, 1.807) is 0 Å². The van der Waals surface area contributed by atoms with Crippen molar-refractivity contribution in [1.29, 1.82) is 0 Å². The van der Waals surface area contributed by atoms with E-state index in [1.807, 2.05) is 23.1 Å². The number of carbonyl (C=O) groups excluding carboxylic acids is 1. The summed E-state index contributed by atoms with van der Waals surface area (Å²) in [6.45, 7) is 6.74. The number of nitrogens with zero attached hydrogens (tertiary/aromatic N) is 2. The molecule has 1 aromatic carbocycles. The smallest absolute Gasteiger partial charge is 0.244 e. The Balaban J connectivity index is 0.00000200. The zero-order chi connectivity index (χ0) is 13.8. The summed E-state index contributed by atoms with van der Waals surface area (Å²) in [5, 5.41) is 0. The second kappa shape index (κ2) is 9.13. The molecule has 0 spiro atoms. The van der Waals surface area contributed by atoms with Crippen LogP contribution in [-0.4, -0.2) is 31.6 Å². The lowest BCUT2D eigenvalue weighted by Crippen LogP contribution is -2.50. The van der Waals surface area contributed by atoms with E-state index in [2.05, 4.69) is 24.8 Å². The van der Waals surface area contributed by atoms with Gasteiger partial charge in [-0.3, -0.25) is 4.79 Å². The predicted molar refractivity (Wildman–Crippen MR) is 94.1 cm³/mol. The van der Waals surface area contributed by atoms with Crippen molar-refractivity contribution >= 4 is 42.1 Å². The van der Waals surface area contributed by atoms with Crippen LogP contribution in [0.25, 0.3) is 0 Å². The molecule has 21 heavy (non-hydrogen) atoms. The second-order valence-electron chi connectivity index (χ2n) is 4.95. The van der Waals surface area contributed by atoms with Crippen molar-refractivity contribution in [2.24, 2.45) is 5.73 Å². The zero-order valence-corrected chi connectivity index (χ0v) is 14.3. The Morgan fingerprint density at radius 1 is 1.19 bits per heavy atom. The Bertz CT molecular complexity index is 456. The lowest BCUT2D eigenvalue weighted by Gasteiger charge is -2.38. The van der Waals surface area contributed by atoms with E-state index in [1.165, 1.54) is 0 Å². The van der Waals surface area contributed by atoms with Gasteiger partial charge < -0.3 is 15.5 Å². The summed E-state index contributed by atoms with van der Waals surface area (Å²) in [7, 11) is 0. The van der Waals surface area contributed by atoms with Crippen LogP contribution in [0, 0.1) is 0 Å². The van der Waals surface area contributed by atoms with Crippen molar-refractivity contribution in [2.75, 3.05) is 29.4 Å². The van der Waals surface area contributed by atoms with Gasteiger partial charge in [0.05, 0.1) is 17.4 Å². The number of carbonyl (C=O) groups is 1. The Labute approximate surface area is 139 Å². The molecule has 0 fully saturated rings. The number of rotatable bonds is 4. The highest BCUT2D eigenvalue weighted by molar-refractivity contribution is 6.00. The Hall–Kier alpha value is -0.970. The molecule has 0 saturated carbocycles. The van der Waals surface area contributed by atoms with Crippen molar-refractivity contribution < 1.29 is 4.79 Å². The highest BCUT2D eigenvalue weighted by Crippen LogP contribution is 2.32. The maximum atomic E-state index is 12.4. The van der Waals surface area contributed by atoms with Crippen molar-refractivity contribution in [3.63, 3.8) is 0 Å². The third-order valence-electron chi connectivity index (χ3n) is 3.67. The van der Waals surface area contributed by atoms with E-state index >= 15 is 0 Å². The molecule has 1 aliphatic heterocycles. The second-order valence-corrected chi connectivity index (χ2v) is 4.95. The Kier molecular flexibility index (Phi) is 8.71. The molecule has 0 aromatic heterocycles. The van der Waals surface area contributed by atoms with E-state index in [0.29, 0.717) is 0 Å². The first-order valence-corrected chi connectivity index (χ1v) is 7.10. The number of anilines is 2. The van der Waals surface area contributed by atoms with E-state index < -0.39 is 0 Å². The number of para-hydroxylation sites is 2. The monoisotopic (exact) mass is 333 g/mol. The number of hydrogen-bond acceptors (Lipinski definition) is 3. The van der Waals surface area contributed by atoms with Gasteiger partial charge in [-0.15, -0.1) is 24.8 Å². The molecular weight excluding hydrogens is 309 g/mol. The van der Waals surface area contributed by atoms with Gasteiger partial charge in [-0.2, -0.15) is 0 Å². The molecule has 1 aromatic rings. The summed E-state index contributed by atoms with van der Waals surface area (Å²) < 4.78 is 0. The number of amides is 1. The summed E-state index contributed by atoms with van der Waals surface area (Å²) in [4.78, 5) is 16.6. The number of halogens is 2. The third kappa shape index (κ3) is 4.25. The van der Waals surface area contributed by atoms with Crippen LogP contribution >= 0.6 is 24.8 Å². The number of nitrogens with two attached hydrogens (primary N) is 1. The molecule has 0 saturated heterocycles. The standard InChI is InChI=1S/C15H23N3O.2ClH/c1-3-7-12(16)15(19)18-11-10-17(4-2)13-8-5-6-9-14(13)18;;/h5-6,8-9,12H,3-4,7,10-11,16H2,1-2H3;2*1H. The molecule has 0 bridgehead atoms. The van der Waals surface area contributed by atoms with Crippen molar-refractivity contribution in [3.05, 3.63) is 24.3 Å². The fourth-order valence-corrected chi connectivity index (χ4v) is 2.61. The normalized spacial score (nSPS) is 14.6. The van der Waals surface area contributed by atoms with Crippen LogP contribution in [0.3, 0.4) is 0 Å². The van der Waals surface area contributed by atoms with Crippen LogP contribution in [-0.2, 0) is 4.79 Å². The van der Waals surface area contributed by atoms with Crippen LogP contribution in [0.2, 0.25) is 0 Å². The fraction of sp³-hybridized carbons (Fsp3) is 0.533. The van der Waals surface area contributed by atoms with Gasteiger partial charge in [0, 0.05) is 19.6 Å². The average molecular weight is 334 g/mol. The first-order chi connectivity index (χ1) is 9.19. The molecule has 1 aliphatic rings. The maximum absolute atomic E-state index is 12.4. The van der Waals surface area contributed by atoms with Gasteiger partial charge >= 0.3 is 0 Å². The highest BCUT2D eigenvalue weighted by Gasteiger charge is 2.28. The molecule has 1 heterocycles. The average Bonchev–Trinajstić information content (AvgIpc) is 2.45. The largest absolute Gasteiger partial charge is 0.368 e. The van der Waals surface area contributed by atoms with E-state index in [-0.39, 0.29) is 36.8 Å². The SMILES string of the molecule is CCCC(N)C(=O)N1CCN(CC)c2ccccc21.Cl.Cl. The van der Waals surface area contributed by atoms with Gasteiger partial charge in [0.15, 0.2) is 0 Å². The molecular formula is C15H25Cl2N3O. The summed E-state index contributed by atoms with van der Waals surface area (Å²) >= 11 is 0. The summed E-state index contributed by atoms with van der Waals surface area (Å²) in [6.07, 6.45) is 1.68. The summed E-state index contributed by atoms with van der Waals surface area (Å²) in [6, 6.07) is 7.69. The molecule has 6 heteroatoms. The first kappa shape index (κ1) is 20.0. The van der Waals surface area contributed by atoms with Crippen molar-refractivity contribution in [1.82, 2.24) is 0 Å². The number of hydrogen-bond donors (Lipinski definition) is 1. The van der Waals surface area contributed by atoms with Crippen molar-refractivity contribution in [3.8, 4) is 0 Å². The molecule has 1 unspecified atom stereocenters. The van der Waals surface area contributed by atoms with Crippen LogP contribution in [0.1, 0.15) is 26.7 Å². The Morgan fingerprint density at radius 2 is 1.81 bits per heavy atom. The molecule has 0 aliphatic carbocycles. The fourth-order valence-electron chi connectivity index (χ4n) is 2.61. The van der Waals surface area contributed by atoms with Gasteiger partial charge in [0.2, 0.25) is 5.91 Å². The molecule has 2 rings (SSSR count). The maximum Gasteiger partial charge on any atom is 0.244 e. The van der Waals surface area contributed by atoms with Gasteiger partial charge in [-0.25, -0.2) is 0 Å². The number of likely N-dealkylation sites (N-methyl/N-ethyl adjacent to an activating group) is 1. The van der Waals surface area contributed by atoms with Crippen LogP contribution in [0.5, 0.6) is 0 Å². The Morgan fingerprint density at radius 3 is 2.38 bits per heavy atom. The highest BCUT2D eigenvalue weighted by atomic mass is 35.5. The minimum atomic E-state index is -0.383. The lowest BCUT2D eigenvalue weighted by atomic mass is 10.1. The minimum Gasteiger partial charge on any atom is -0.368 e. The first-order valence-electron chi connectivity index (χ1n) is 7.10. The van der Waals surface area contributed by atoms with Gasteiger partial charge in [-0.1, -0.05) is 25.5 Å². The van der Waals surface area contributed by atoms with Crippen LogP contribution in [0.4, 0.5) is 11.4 Å².